The molecule has 0 amide bonds. The fraction of sp³-hybridized carbons (Fsp3) is 0.875. The normalized spacial score (nSPS) is 31.5. The molecular weight excluding hydrogens is 369 g/mol. The van der Waals surface area contributed by atoms with Gasteiger partial charge in [-0.3, -0.25) is 0 Å². The average Bonchev–Trinajstić information content (AvgIpc) is 2.62. The fourth-order valence-corrected chi connectivity index (χ4v) is 4.21. The first-order valence-electron chi connectivity index (χ1n) is 7.47. The fourth-order valence-electron chi connectivity index (χ4n) is 3.40. The van der Waals surface area contributed by atoms with Crippen molar-refractivity contribution in [3.8, 4) is 0 Å². The van der Waals surface area contributed by atoms with E-state index < -0.39 is 5.79 Å². The van der Waals surface area contributed by atoms with Crippen molar-refractivity contribution in [1.82, 2.24) is 0 Å². The molecule has 0 N–H and O–H groups in total. The molecule has 2 nitrogen and oxygen atoms in total. The summed E-state index contributed by atoms with van der Waals surface area (Å²) in [4.78, 5) is 1.45. The van der Waals surface area contributed by atoms with E-state index >= 15 is 0 Å². The van der Waals surface area contributed by atoms with Crippen molar-refractivity contribution in [3.05, 3.63) is 11.8 Å². The van der Waals surface area contributed by atoms with Gasteiger partial charge in [-0.15, -0.1) is 0 Å². The minimum atomic E-state index is -0.408. The Balaban J connectivity index is 0.00000200. The zero-order valence-corrected chi connectivity index (χ0v) is 17.8. The van der Waals surface area contributed by atoms with Gasteiger partial charge >= 0.3 is 19.5 Å². The molecule has 1 spiro atoms. The molecule has 2 rings (SSSR count). The van der Waals surface area contributed by atoms with E-state index in [1.807, 2.05) is 13.8 Å². The summed E-state index contributed by atoms with van der Waals surface area (Å²) in [5, 5.41) is 0. The van der Waals surface area contributed by atoms with Crippen LogP contribution in [0.4, 0.5) is 0 Å². The van der Waals surface area contributed by atoms with E-state index in [4.69, 9.17) is 9.47 Å². The number of hydrogen-bond acceptors (Lipinski definition) is 2. The van der Waals surface area contributed by atoms with Gasteiger partial charge < -0.3 is 32.3 Å². The van der Waals surface area contributed by atoms with E-state index in [-0.39, 0.29) is 24.9 Å². The molecule has 0 aromatic rings. The summed E-state index contributed by atoms with van der Waals surface area (Å²) in [6.45, 7) is 12.3. The number of rotatable bonds is 4. The van der Waals surface area contributed by atoms with Crippen LogP contribution in [-0.2, 0) is 29.0 Å². The molecular formula is C16H27BrO2Zn. The van der Waals surface area contributed by atoms with Crippen LogP contribution in [0.5, 0.6) is 0 Å². The first-order chi connectivity index (χ1) is 8.86. The number of ether oxygens (including phenoxy) is 2. The van der Waals surface area contributed by atoms with Gasteiger partial charge in [0.1, 0.15) is 0 Å². The molecule has 0 radical (unpaired) electrons. The van der Waals surface area contributed by atoms with Crippen LogP contribution in [0.2, 0.25) is 0 Å². The van der Waals surface area contributed by atoms with Crippen LogP contribution in [-0.4, -0.2) is 19.0 Å². The zero-order valence-electron chi connectivity index (χ0n) is 13.2. The average molecular weight is 397 g/mol. The second kappa shape index (κ2) is 7.53. The third kappa shape index (κ3) is 4.76. The summed E-state index contributed by atoms with van der Waals surface area (Å²) >= 11 is 3.73. The third-order valence-corrected chi connectivity index (χ3v) is 5.23. The van der Waals surface area contributed by atoms with Gasteiger partial charge in [-0.05, 0) is 20.3 Å². The molecule has 112 valence electrons. The topological polar surface area (TPSA) is 18.5 Å². The molecule has 0 aromatic heterocycles. The molecule has 1 saturated heterocycles. The van der Waals surface area contributed by atoms with Crippen LogP contribution in [0.25, 0.3) is 0 Å². The van der Waals surface area contributed by atoms with E-state index in [1.54, 1.807) is 0 Å². The maximum Gasteiger partial charge on any atom is 2.00 e. The van der Waals surface area contributed by atoms with Crippen molar-refractivity contribution in [2.45, 2.75) is 58.7 Å². The molecule has 2 atom stereocenters. The second-order valence-corrected chi connectivity index (χ2v) is 8.00. The standard InChI is InChI=1S/C16H27BrO2.Zn/c1-5-6-14(17)7-13-9-16(8-12(13)2)10-18-15(3,4)19-11-16;/h12-13H,2,5-11H2,1,3-4H3;/q-2;+2/t12-,13-;/m0./s1. The Hall–Kier alpha value is 1.02. The Morgan fingerprint density at radius 1 is 1.25 bits per heavy atom. The van der Waals surface area contributed by atoms with Gasteiger partial charge in [0.15, 0.2) is 5.79 Å². The molecule has 20 heavy (non-hydrogen) atoms. The minimum absolute atomic E-state index is 0. The summed E-state index contributed by atoms with van der Waals surface area (Å²) in [6, 6.07) is 0. The molecule has 2 aliphatic rings. The van der Waals surface area contributed by atoms with Crippen molar-refractivity contribution >= 4 is 15.9 Å². The SMILES string of the molecule is [CH2-][C@H]1CC2(COC(C)(C)OC2)C[C@@H]1C[C-](Br)CCC.[Zn+2]. The van der Waals surface area contributed by atoms with Crippen molar-refractivity contribution in [2.24, 2.45) is 17.3 Å². The van der Waals surface area contributed by atoms with Crippen LogP contribution in [0.15, 0.2) is 0 Å². The van der Waals surface area contributed by atoms with Gasteiger partial charge in [0.05, 0.1) is 13.2 Å². The van der Waals surface area contributed by atoms with Crippen molar-refractivity contribution in [1.29, 1.82) is 0 Å². The van der Waals surface area contributed by atoms with Crippen LogP contribution >= 0.6 is 15.9 Å². The van der Waals surface area contributed by atoms with Gasteiger partial charge in [0, 0.05) is 5.41 Å². The molecule has 2 fully saturated rings. The molecule has 0 unspecified atom stereocenters. The molecule has 1 aliphatic carbocycles. The minimum Gasteiger partial charge on any atom is -0.350 e. The van der Waals surface area contributed by atoms with E-state index in [0.717, 1.165) is 26.1 Å². The van der Waals surface area contributed by atoms with Crippen LogP contribution in [0, 0.1) is 29.0 Å². The molecule has 1 saturated carbocycles. The maximum atomic E-state index is 5.88. The molecule has 0 bridgehead atoms. The Kier molecular flexibility index (Phi) is 7.18. The molecule has 1 heterocycles. The molecule has 1 aliphatic heterocycles. The van der Waals surface area contributed by atoms with Crippen molar-refractivity contribution < 1.29 is 29.0 Å². The summed E-state index contributed by atoms with van der Waals surface area (Å²) in [5.74, 6) is 0.793. The number of hydrogen-bond donors (Lipinski definition) is 0. The molecule has 0 aromatic carbocycles. The van der Waals surface area contributed by atoms with Crippen LogP contribution in [0.3, 0.4) is 0 Å². The maximum absolute atomic E-state index is 5.88. The monoisotopic (exact) mass is 394 g/mol. The van der Waals surface area contributed by atoms with Gasteiger partial charge in [-0.25, -0.2) is 4.83 Å². The number of halogens is 1. The van der Waals surface area contributed by atoms with Gasteiger partial charge in [-0.1, -0.05) is 25.7 Å². The van der Waals surface area contributed by atoms with Crippen molar-refractivity contribution in [3.63, 3.8) is 0 Å². The summed E-state index contributed by atoms with van der Waals surface area (Å²) < 4.78 is 11.8. The van der Waals surface area contributed by atoms with Crippen LogP contribution < -0.4 is 0 Å². The quantitative estimate of drug-likeness (QED) is 0.505. The predicted octanol–water partition coefficient (Wildman–Crippen LogP) is 4.73. The molecule has 4 heteroatoms. The van der Waals surface area contributed by atoms with E-state index in [9.17, 15) is 0 Å². The second-order valence-electron chi connectivity index (χ2n) is 6.88. The van der Waals surface area contributed by atoms with Crippen LogP contribution in [0.1, 0.15) is 52.9 Å². The predicted molar refractivity (Wildman–Crippen MR) is 81.7 cm³/mol. The smallest absolute Gasteiger partial charge is 0.350 e. The summed E-state index contributed by atoms with van der Waals surface area (Å²) in [6.07, 6.45) is 5.88. The Morgan fingerprint density at radius 3 is 2.40 bits per heavy atom. The van der Waals surface area contributed by atoms with Crippen molar-refractivity contribution in [2.75, 3.05) is 13.2 Å². The van der Waals surface area contributed by atoms with E-state index in [2.05, 4.69) is 29.8 Å². The van der Waals surface area contributed by atoms with E-state index in [1.165, 1.54) is 24.1 Å². The summed E-state index contributed by atoms with van der Waals surface area (Å²) in [7, 11) is 0. The Bertz CT molecular complexity index is 299. The van der Waals surface area contributed by atoms with Gasteiger partial charge in [-0.2, -0.15) is 18.8 Å². The third-order valence-electron chi connectivity index (χ3n) is 4.51. The Morgan fingerprint density at radius 2 is 1.85 bits per heavy atom. The first-order valence-corrected chi connectivity index (χ1v) is 8.26. The first kappa shape index (κ1) is 19.1. The van der Waals surface area contributed by atoms with Gasteiger partial charge in [0.2, 0.25) is 0 Å². The largest absolute Gasteiger partial charge is 2.00 e. The van der Waals surface area contributed by atoms with E-state index in [0.29, 0.717) is 11.8 Å². The summed E-state index contributed by atoms with van der Waals surface area (Å²) in [5.41, 5.74) is 0.214. The zero-order chi connectivity index (χ0) is 14.1. The Labute approximate surface area is 145 Å². The van der Waals surface area contributed by atoms with Gasteiger partial charge in [0.25, 0.3) is 0 Å².